The van der Waals surface area contributed by atoms with Crippen LogP contribution in [-0.2, 0) is 11.2 Å². The first-order valence-electron chi connectivity index (χ1n) is 8.48. The topological polar surface area (TPSA) is 40.6 Å². The summed E-state index contributed by atoms with van der Waals surface area (Å²) in [5.41, 5.74) is 0.483. The third-order valence-corrected chi connectivity index (χ3v) is 5.34. The van der Waals surface area contributed by atoms with Crippen molar-refractivity contribution >= 4 is 23.2 Å². The summed E-state index contributed by atoms with van der Waals surface area (Å²) in [6, 6.07) is 9.70. The molecule has 4 nitrogen and oxygen atoms in total. The van der Waals surface area contributed by atoms with Crippen LogP contribution in [0.1, 0.15) is 28.1 Å². The Hall–Kier alpha value is -2.21. The van der Waals surface area contributed by atoms with E-state index in [0.29, 0.717) is 38.2 Å². The Kier molecular flexibility index (Phi) is 5.81. The van der Waals surface area contributed by atoms with Gasteiger partial charge in [0.1, 0.15) is 5.82 Å². The Labute approximate surface area is 150 Å². The number of hydrogen-bond donors (Lipinski definition) is 0. The quantitative estimate of drug-likeness (QED) is 0.822. The summed E-state index contributed by atoms with van der Waals surface area (Å²) in [7, 11) is 0. The summed E-state index contributed by atoms with van der Waals surface area (Å²) in [5, 5.41) is 2.05. The van der Waals surface area contributed by atoms with Gasteiger partial charge in [0.15, 0.2) is 0 Å². The SMILES string of the molecule is O=C(CCCc1cccs1)N1CCN(C(=O)c2ccc(F)cc2)CC1. The molecule has 1 aromatic carbocycles. The highest BCUT2D eigenvalue weighted by Crippen LogP contribution is 2.14. The molecule has 0 unspecified atom stereocenters. The van der Waals surface area contributed by atoms with E-state index in [-0.39, 0.29) is 17.6 Å². The minimum Gasteiger partial charge on any atom is -0.339 e. The van der Waals surface area contributed by atoms with Gasteiger partial charge < -0.3 is 9.80 Å². The Morgan fingerprint density at radius 3 is 2.32 bits per heavy atom. The normalized spacial score (nSPS) is 14.6. The van der Waals surface area contributed by atoms with Crippen LogP contribution >= 0.6 is 11.3 Å². The van der Waals surface area contributed by atoms with E-state index in [1.54, 1.807) is 16.2 Å². The van der Waals surface area contributed by atoms with Crippen LogP contribution in [0.3, 0.4) is 0 Å². The van der Waals surface area contributed by atoms with E-state index in [4.69, 9.17) is 0 Å². The number of carbonyl (C=O) groups is 2. The number of thiophene rings is 1. The van der Waals surface area contributed by atoms with Crippen LogP contribution < -0.4 is 0 Å². The molecular weight excluding hydrogens is 339 g/mol. The lowest BCUT2D eigenvalue weighted by Crippen LogP contribution is -2.50. The minimum absolute atomic E-state index is 0.107. The van der Waals surface area contributed by atoms with E-state index in [1.165, 1.54) is 29.1 Å². The lowest BCUT2D eigenvalue weighted by atomic mass is 10.1. The van der Waals surface area contributed by atoms with E-state index in [0.717, 1.165) is 12.8 Å². The van der Waals surface area contributed by atoms with Gasteiger partial charge in [0.25, 0.3) is 5.91 Å². The van der Waals surface area contributed by atoms with E-state index in [2.05, 4.69) is 11.4 Å². The zero-order valence-corrected chi connectivity index (χ0v) is 14.8. The molecule has 0 bridgehead atoms. The predicted molar refractivity (Wildman–Crippen MR) is 96.1 cm³/mol. The van der Waals surface area contributed by atoms with Gasteiger partial charge in [-0.1, -0.05) is 6.07 Å². The molecule has 6 heteroatoms. The van der Waals surface area contributed by atoms with E-state index in [1.807, 2.05) is 11.0 Å². The van der Waals surface area contributed by atoms with Crippen molar-refractivity contribution in [1.82, 2.24) is 9.80 Å². The standard InChI is InChI=1S/C19H21FN2O2S/c20-16-8-6-15(7-9-16)19(24)22-12-10-21(11-13-22)18(23)5-1-3-17-4-2-14-25-17/h2,4,6-9,14H,1,3,5,10-13H2. The molecule has 1 saturated heterocycles. The minimum atomic E-state index is -0.352. The second-order valence-electron chi connectivity index (χ2n) is 6.11. The van der Waals surface area contributed by atoms with Gasteiger partial charge in [0.2, 0.25) is 5.91 Å². The van der Waals surface area contributed by atoms with E-state index < -0.39 is 0 Å². The Morgan fingerprint density at radius 1 is 1.00 bits per heavy atom. The van der Waals surface area contributed by atoms with Gasteiger partial charge in [-0.3, -0.25) is 9.59 Å². The molecule has 132 valence electrons. The van der Waals surface area contributed by atoms with Crippen LogP contribution in [0.2, 0.25) is 0 Å². The van der Waals surface area contributed by atoms with Gasteiger partial charge in [-0.15, -0.1) is 11.3 Å². The number of carbonyl (C=O) groups excluding carboxylic acids is 2. The highest BCUT2D eigenvalue weighted by atomic mass is 32.1. The number of aryl methyl sites for hydroxylation is 1. The number of nitrogens with zero attached hydrogens (tertiary/aromatic N) is 2. The molecule has 1 fully saturated rings. The maximum atomic E-state index is 13.0. The van der Waals surface area contributed by atoms with Crippen LogP contribution in [0.5, 0.6) is 0 Å². The number of benzene rings is 1. The van der Waals surface area contributed by atoms with Crippen molar-refractivity contribution in [3.05, 3.63) is 58.0 Å². The van der Waals surface area contributed by atoms with Gasteiger partial charge in [-0.2, -0.15) is 0 Å². The molecule has 2 aromatic rings. The zero-order chi connectivity index (χ0) is 17.6. The number of amides is 2. The van der Waals surface area contributed by atoms with Crippen LogP contribution in [-0.4, -0.2) is 47.8 Å². The van der Waals surface area contributed by atoms with Crippen molar-refractivity contribution in [3.63, 3.8) is 0 Å². The van der Waals surface area contributed by atoms with Gasteiger partial charge >= 0.3 is 0 Å². The van der Waals surface area contributed by atoms with Crippen LogP contribution in [0, 0.1) is 5.82 Å². The third kappa shape index (κ3) is 4.66. The van der Waals surface area contributed by atoms with Crippen LogP contribution in [0.15, 0.2) is 41.8 Å². The first kappa shape index (κ1) is 17.6. The first-order chi connectivity index (χ1) is 12.1. The fourth-order valence-electron chi connectivity index (χ4n) is 2.96. The second kappa shape index (κ2) is 8.25. The molecular formula is C19H21FN2O2S. The number of rotatable bonds is 5. The molecule has 2 amide bonds. The van der Waals surface area contributed by atoms with Crippen molar-refractivity contribution in [3.8, 4) is 0 Å². The van der Waals surface area contributed by atoms with Crippen molar-refractivity contribution in [2.45, 2.75) is 19.3 Å². The summed E-state index contributed by atoms with van der Waals surface area (Å²) >= 11 is 1.72. The molecule has 3 rings (SSSR count). The molecule has 0 spiro atoms. The lowest BCUT2D eigenvalue weighted by molar-refractivity contribution is -0.132. The summed E-state index contributed by atoms with van der Waals surface area (Å²) in [6.07, 6.45) is 2.34. The maximum absolute atomic E-state index is 13.0. The van der Waals surface area contributed by atoms with Gasteiger partial charge in [0.05, 0.1) is 0 Å². The molecule has 2 heterocycles. The zero-order valence-electron chi connectivity index (χ0n) is 14.0. The molecule has 0 radical (unpaired) electrons. The highest BCUT2D eigenvalue weighted by Gasteiger charge is 2.24. The molecule has 1 aliphatic heterocycles. The summed E-state index contributed by atoms with van der Waals surface area (Å²) in [4.78, 5) is 29.6. The summed E-state index contributed by atoms with van der Waals surface area (Å²) < 4.78 is 13.0. The van der Waals surface area contributed by atoms with Gasteiger partial charge in [-0.25, -0.2) is 4.39 Å². The van der Waals surface area contributed by atoms with Crippen molar-refractivity contribution < 1.29 is 14.0 Å². The van der Waals surface area contributed by atoms with E-state index in [9.17, 15) is 14.0 Å². The molecule has 1 aromatic heterocycles. The molecule has 0 aliphatic carbocycles. The molecule has 0 N–H and O–H groups in total. The van der Waals surface area contributed by atoms with E-state index >= 15 is 0 Å². The van der Waals surface area contributed by atoms with Crippen molar-refractivity contribution in [2.24, 2.45) is 0 Å². The average Bonchev–Trinajstić information content (AvgIpc) is 3.15. The maximum Gasteiger partial charge on any atom is 0.253 e. The van der Waals surface area contributed by atoms with Crippen LogP contribution in [0.25, 0.3) is 0 Å². The highest BCUT2D eigenvalue weighted by molar-refractivity contribution is 7.09. The van der Waals surface area contributed by atoms with Crippen molar-refractivity contribution in [1.29, 1.82) is 0 Å². The lowest BCUT2D eigenvalue weighted by Gasteiger charge is -2.35. The fraction of sp³-hybridized carbons (Fsp3) is 0.368. The third-order valence-electron chi connectivity index (χ3n) is 4.40. The summed E-state index contributed by atoms with van der Waals surface area (Å²) in [5.74, 6) is -0.301. The average molecular weight is 360 g/mol. The van der Waals surface area contributed by atoms with Crippen molar-refractivity contribution in [2.75, 3.05) is 26.2 Å². The Balaban J connectivity index is 1.43. The molecule has 25 heavy (non-hydrogen) atoms. The predicted octanol–water partition coefficient (Wildman–Crippen LogP) is 3.19. The number of halogens is 1. The smallest absolute Gasteiger partial charge is 0.253 e. The molecule has 0 saturated carbocycles. The molecule has 1 aliphatic rings. The van der Waals surface area contributed by atoms with Gasteiger partial charge in [-0.05, 0) is 48.6 Å². The summed E-state index contributed by atoms with van der Waals surface area (Å²) in [6.45, 7) is 2.16. The molecule has 0 atom stereocenters. The Morgan fingerprint density at radius 2 is 1.68 bits per heavy atom. The second-order valence-corrected chi connectivity index (χ2v) is 7.15. The largest absolute Gasteiger partial charge is 0.339 e. The first-order valence-corrected chi connectivity index (χ1v) is 9.36. The van der Waals surface area contributed by atoms with Crippen LogP contribution in [0.4, 0.5) is 4.39 Å². The fourth-order valence-corrected chi connectivity index (χ4v) is 3.71. The monoisotopic (exact) mass is 360 g/mol. The number of hydrogen-bond acceptors (Lipinski definition) is 3. The Bertz CT molecular complexity index is 708. The van der Waals surface area contributed by atoms with Gasteiger partial charge in [0, 0.05) is 43.0 Å². The number of piperazine rings is 1.